The van der Waals surface area contributed by atoms with Crippen molar-refractivity contribution in [2.75, 3.05) is 14.2 Å². The fraction of sp³-hybridized carbons (Fsp3) is 0.679. The first kappa shape index (κ1) is 29.7. The van der Waals surface area contributed by atoms with Gasteiger partial charge in [-0.3, -0.25) is 9.59 Å². The van der Waals surface area contributed by atoms with Gasteiger partial charge >= 0.3 is 11.9 Å². The van der Waals surface area contributed by atoms with Crippen molar-refractivity contribution in [2.24, 2.45) is 11.8 Å². The van der Waals surface area contributed by atoms with Crippen LogP contribution in [0, 0.1) is 11.8 Å². The Morgan fingerprint density at radius 2 is 1.85 bits per heavy atom. The number of nitrogens with one attached hydrogen (secondary N) is 1. The lowest BCUT2D eigenvalue weighted by Gasteiger charge is -2.49. The molecule has 1 saturated carbocycles. The van der Waals surface area contributed by atoms with Crippen LogP contribution in [0.25, 0.3) is 0 Å². The van der Waals surface area contributed by atoms with Crippen molar-refractivity contribution < 1.29 is 23.9 Å². The molecule has 2 aliphatic carbocycles. The zero-order chi connectivity index (χ0) is 25.9. The van der Waals surface area contributed by atoms with E-state index in [1.807, 2.05) is 13.8 Å². The average Bonchev–Trinajstić information content (AvgIpc) is 2.84. The Morgan fingerprint density at radius 1 is 1.18 bits per heavy atom. The third kappa shape index (κ3) is 7.31. The average molecular weight is 476 g/mol. The van der Waals surface area contributed by atoms with E-state index < -0.39 is 18.0 Å². The van der Waals surface area contributed by atoms with E-state index in [4.69, 9.17) is 0 Å². The SMILES string of the molecule is CC.CC(C)c1ccc2c(c1)CCC1C(C)CCCC21C.COC(=O)CC(NC=O)C(=O)OC. The molecule has 0 aromatic heterocycles. The summed E-state index contributed by atoms with van der Waals surface area (Å²) < 4.78 is 8.66. The Kier molecular flexibility index (Phi) is 12.3. The number of aryl methyl sites for hydroxylation is 1. The van der Waals surface area contributed by atoms with Crippen molar-refractivity contribution in [3.63, 3.8) is 0 Å². The Labute approximate surface area is 206 Å². The molecule has 0 saturated heterocycles. The Hall–Kier alpha value is -2.37. The van der Waals surface area contributed by atoms with Gasteiger partial charge in [0.2, 0.25) is 6.41 Å². The van der Waals surface area contributed by atoms with Crippen LogP contribution < -0.4 is 5.32 Å². The van der Waals surface area contributed by atoms with Gasteiger partial charge in [0.15, 0.2) is 0 Å². The highest BCUT2D eigenvalue weighted by molar-refractivity contribution is 5.84. The minimum Gasteiger partial charge on any atom is -0.469 e. The number of benzene rings is 1. The van der Waals surface area contributed by atoms with Gasteiger partial charge < -0.3 is 14.8 Å². The molecule has 0 aliphatic heterocycles. The molecular weight excluding hydrogens is 430 g/mol. The zero-order valence-electron chi connectivity index (χ0n) is 22.4. The molecule has 2 aliphatic rings. The van der Waals surface area contributed by atoms with Crippen LogP contribution in [0.5, 0.6) is 0 Å². The van der Waals surface area contributed by atoms with Crippen LogP contribution in [0.4, 0.5) is 0 Å². The highest BCUT2D eigenvalue weighted by atomic mass is 16.5. The Morgan fingerprint density at radius 3 is 2.41 bits per heavy atom. The summed E-state index contributed by atoms with van der Waals surface area (Å²) in [5.74, 6) is 1.21. The lowest BCUT2D eigenvalue weighted by molar-refractivity contribution is -0.150. The molecule has 0 spiro atoms. The van der Waals surface area contributed by atoms with E-state index >= 15 is 0 Å². The smallest absolute Gasteiger partial charge is 0.328 e. The Bertz CT molecular complexity index is 806. The van der Waals surface area contributed by atoms with Crippen LogP contribution >= 0.6 is 0 Å². The lowest BCUT2D eigenvalue weighted by atomic mass is 9.55. The van der Waals surface area contributed by atoms with Crippen LogP contribution in [0.15, 0.2) is 18.2 Å². The number of rotatable bonds is 6. The molecule has 3 rings (SSSR count). The molecule has 34 heavy (non-hydrogen) atoms. The van der Waals surface area contributed by atoms with Gasteiger partial charge in [-0.15, -0.1) is 0 Å². The van der Waals surface area contributed by atoms with Gasteiger partial charge in [0.05, 0.1) is 20.6 Å². The summed E-state index contributed by atoms with van der Waals surface area (Å²) in [6.07, 6.45) is 7.06. The maximum atomic E-state index is 10.9. The maximum Gasteiger partial charge on any atom is 0.328 e. The van der Waals surface area contributed by atoms with Gasteiger partial charge in [-0.1, -0.05) is 72.6 Å². The molecule has 0 heterocycles. The van der Waals surface area contributed by atoms with Gasteiger partial charge in [0.1, 0.15) is 6.04 Å². The number of ether oxygens (including phenoxy) is 2. The summed E-state index contributed by atoms with van der Waals surface area (Å²) in [4.78, 5) is 31.7. The first-order chi connectivity index (χ1) is 16.2. The Balaban J connectivity index is 0.000000340. The minimum atomic E-state index is -0.977. The zero-order valence-corrected chi connectivity index (χ0v) is 22.4. The summed E-state index contributed by atoms with van der Waals surface area (Å²) in [7, 11) is 2.36. The fourth-order valence-corrected chi connectivity index (χ4v) is 5.48. The first-order valence-corrected chi connectivity index (χ1v) is 12.7. The van der Waals surface area contributed by atoms with Crippen LogP contribution in [0.1, 0.15) is 96.3 Å². The first-order valence-electron chi connectivity index (χ1n) is 12.7. The van der Waals surface area contributed by atoms with Crippen molar-refractivity contribution in [3.05, 3.63) is 34.9 Å². The molecule has 1 aromatic carbocycles. The highest BCUT2D eigenvalue weighted by Crippen LogP contribution is 2.52. The molecule has 0 radical (unpaired) electrons. The lowest BCUT2D eigenvalue weighted by Crippen LogP contribution is -2.43. The number of fused-ring (bicyclic) bond motifs is 3. The molecular formula is C28H45NO5. The third-order valence-electron chi connectivity index (χ3n) is 7.35. The van der Waals surface area contributed by atoms with Gasteiger partial charge in [-0.25, -0.2) is 4.79 Å². The molecule has 0 bridgehead atoms. The number of carbonyl (C=O) groups excluding carboxylic acids is 3. The predicted octanol–water partition coefficient (Wildman–Crippen LogP) is 5.31. The summed E-state index contributed by atoms with van der Waals surface area (Å²) in [5, 5.41) is 2.14. The summed E-state index contributed by atoms with van der Waals surface area (Å²) in [5.41, 5.74) is 5.31. The number of methoxy groups -OCH3 is 2. The molecule has 6 heteroatoms. The summed E-state index contributed by atoms with van der Waals surface area (Å²) in [6, 6.07) is 6.38. The van der Waals surface area contributed by atoms with Crippen LogP contribution in [-0.2, 0) is 35.7 Å². The van der Waals surface area contributed by atoms with Crippen molar-refractivity contribution in [1.29, 1.82) is 0 Å². The van der Waals surface area contributed by atoms with E-state index in [2.05, 4.69) is 60.7 Å². The highest BCUT2D eigenvalue weighted by Gasteiger charge is 2.44. The molecule has 1 fully saturated rings. The molecule has 6 nitrogen and oxygen atoms in total. The molecule has 1 N–H and O–H groups in total. The monoisotopic (exact) mass is 475 g/mol. The van der Waals surface area contributed by atoms with E-state index in [1.54, 1.807) is 11.1 Å². The third-order valence-corrected chi connectivity index (χ3v) is 7.35. The molecule has 192 valence electrons. The quantitative estimate of drug-likeness (QED) is 0.445. The van der Waals surface area contributed by atoms with Gasteiger partial charge in [0, 0.05) is 0 Å². The molecule has 1 aromatic rings. The van der Waals surface area contributed by atoms with Gasteiger partial charge in [-0.05, 0) is 59.1 Å². The molecule has 4 atom stereocenters. The second kappa shape index (κ2) is 14.1. The van der Waals surface area contributed by atoms with Gasteiger partial charge in [0.25, 0.3) is 0 Å². The van der Waals surface area contributed by atoms with Crippen molar-refractivity contribution in [2.45, 2.75) is 97.4 Å². The minimum absolute atomic E-state index is 0.234. The van der Waals surface area contributed by atoms with E-state index in [0.717, 1.165) is 11.8 Å². The van der Waals surface area contributed by atoms with Crippen molar-refractivity contribution in [3.8, 4) is 0 Å². The summed E-state index contributed by atoms with van der Waals surface area (Å²) >= 11 is 0. The normalized spacial score (nSPS) is 23.4. The molecule has 4 unspecified atom stereocenters. The number of hydrogen-bond donors (Lipinski definition) is 1. The largest absolute Gasteiger partial charge is 0.469 e. The van der Waals surface area contributed by atoms with Crippen molar-refractivity contribution >= 4 is 18.3 Å². The number of amides is 1. The van der Waals surface area contributed by atoms with Crippen molar-refractivity contribution in [1.82, 2.24) is 5.32 Å². The van der Waals surface area contributed by atoms with E-state index in [-0.39, 0.29) is 6.42 Å². The number of carbonyl (C=O) groups is 3. The van der Waals surface area contributed by atoms with E-state index in [1.165, 1.54) is 51.9 Å². The summed E-state index contributed by atoms with van der Waals surface area (Å²) in [6.45, 7) is 13.6. The second-order valence-corrected chi connectivity index (χ2v) is 9.64. The van der Waals surface area contributed by atoms with Crippen LogP contribution in [0.3, 0.4) is 0 Å². The van der Waals surface area contributed by atoms with Crippen LogP contribution in [-0.4, -0.2) is 38.6 Å². The second-order valence-electron chi connectivity index (χ2n) is 9.64. The topological polar surface area (TPSA) is 81.7 Å². The van der Waals surface area contributed by atoms with E-state index in [0.29, 0.717) is 17.7 Å². The maximum absolute atomic E-state index is 10.9. The predicted molar refractivity (Wildman–Crippen MR) is 136 cm³/mol. The van der Waals surface area contributed by atoms with Gasteiger partial charge in [-0.2, -0.15) is 0 Å². The molecule has 1 amide bonds. The fourth-order valence-electron chi connectivity index (χ4n) is 5.48. The standard InChI is InChI=1S/C19H28.C7H11NO5.C2H6/c1-13(2)15-7-10-18-16(12-15)8-9-17-14(3)6-5-11-19(17,18)4;1-12-6(10)3-5(8-4-9)7(11)13-2;1-2/h7,10,12-14,17H,5-6,8-9,11H2,1-4H3;4-5H,3H2,1-2H3,(H,8,9);1-2H3. The number of hydrogen-bond acceptors (Lipinski definition) is 5. The van der Waals surface area contributed by atoms with E-state index in [9.17, 15) is 14.4 Å². The number of esters is 2. The van der Waals surface area contributed by atoms with Crippen LogP contribution in [0.2, 0.25) is 0 Å².